The molecule has 1 aromatic heterocycles. The standard InChI is InChI=1S/C22H30ClN6O3P/c1-14(2)19-13-25-22(32-19)28-21-24-12-16(23)20(27-21)26-17-6-5-15(11-18(17)31-3)29-7-9-33(4,30)10-8-29/h5-6,11,13-14,16H,7-10,12H2,1-4H3,(H2,24,25,26,27,28). The molecule has 2 aromatic rings. The lowest BCUT2D eigenvalue weighted by atomic mass is 10.2. The zero-order valence-corrected chi connectivity index (χ0v) is 21.0. The van der Waals surface area contributed by atoms with Gasteiger partial charge in [-0.25, -0.2) is 9.98 Å². The molecule has 1 fully saturated rings. The molecule has 1 saturated heterocycles. The largest absolute Gasteiger partial charge is 0.494 e. The molecule has 4 rings (SSSR count). The number of nitrogens with one attached hydrogen (secondary N) is 2. The van der Waals surface area contributed by atoms with E-state index in [1.165, 1.54) is 0 Å². The fourth-order valence-corrected chi connectivity index (χ4v) is 5.34. The Morgan fingerprint density at radius 3 is 2.70 bits per heavy atom. The van der Waals surface area contributed by atoms with E-state index in [4.69, 9.17) is 20.8 Å². The van der Waals surface area contributed by atoms with E-state index in [0.29, 0.717) is 30.1 Å². The first-order valence-corrected chi connectivity index (χ1v) is 14.0. The second-order valence-corrected chi connectivity index (χ2v) is 12.7. The summed E-state index contributed by atoms with van der Waals surface area (Å²) in [6.45, 7) is 7.89. The Morgan fingerprint density at radius 1 is 1.27 bits per heavy atom. The quantitative estimate of drug-likeness (QED) is 0.467. The second-order valence-electron chi connectivity index (χ2n) is 8.72. The average Bonchev–Trinajstić information content (AvgIpc) is 3.25. The van der Waals surface area contributed by atoms with Crippen molar-refractivity contribution in [3.63, 3.8) is 0 Å². The van der Waals surface area contributed by atoms with Crippen molar-refractivity contribution in [1.82, 2.24) is 4.98 Å². The Hall–Kier alpha value is -2.51. The molecule has 1 unspecified atom stereocenters. The van der Waals surface area contributed by atoms with Gasteiger partial charge in [0.25, 0.3) is 0 Å². The number of aromatic nitrogens is 1. The molecule has 0 saturated carbocycles. The monoisotopic (exact) mass is 492 g/mol. The van der Waals surface area contributed by atoms with Crippen molar-refractivity contribution in [2.24, 2.45) is 9.98 Å². The van der Waals surface area contributed by atoms with Crippen LogP contribution >= 0.6 is 18.7 Å². The number of benzene rings is 1. The number of anilines is 3. The number of methoxy groups -OCH3 is 1. The van der Waals surface area contributed by atoms with Crippen molar-refractivity contribution in [3.05, 3.63) is 30.2 Å². The molecule has 2 aliphatic heterocycles. The molecule has 1 atom stereocenters. The number of guanidine groups is 1. The van der Waals surface area contributed by atoms with Gasteiger partial charge in [-0.3, -0.25) is 5.32 Å². The summed E-state index contributed by atoms with van der Waals surface area (Å²) < 4.78 is 23.6. The number of halogens is 1. The highest BCUT2D eigenvalue weighted by Crippen LogP contribution is 2.44. The molecule has 33 heavy (non-hydrogen) atoms. The highest BCUT2D eigenvalue weighted by Gasteiger charge is 2.25. The van der Waals surface area contributed by atoms with Crippen LogP contribution in [0.1, 0.15) is 25.5 Å². The summed E-state index contributed by atoms with van der Waals surface area (Å²) in [5.74, 6) is 2.63. The molecule has 178 valence electrons. The van der Waals surface area contributed by atoms with Gasteiger partial charge in [0.05, 0.1) is 32.7 Å². The van der Waals surface area contributed by atoms with Crippen LogP contribution in [-0.2, 0) is 4.57 Å². The van der Waals surface area contributed by atoms with Gasteiger partial charge in [0.15, 0.2) is 0 Å². The molecule has 0 aliphatic carbocycles. The first-order chi connectivity index (χ1) is 15.7. The zero-order valence-electron chi connectivity index (χ0n) is 19.3. The number of aliphatic imine (C=N–C) groups is 2. The minimum absolute atomic E-state index is 0.237. The van der Waals surface area contributed by atoms with E-state index in [1.54, 1.807) is 13.3 Å². The predicted octanol–water partition coefficient (Wildman–Crippen LogP) is 4.52. The first-order valence-electron chi connectivity index (χ1n) is 11.0. The van der Waals surface area contributed by atoms with E-state index in [9.17, 15) is 4.57 Å². The van der Waals surface area contributed by atoms with Gasteiger partial charge in [-0.1, -0.05) is 13.8 Å². The molecule has 2 aliphatic rings. The smallest absolute Gasteiger partial charge is 0.301 e. The Morgan fingerprint density at radius 2 is 2.03 bits per heavy atom. The van der Waals surface area contributed by atoms with E-state index < -0.39 is 12.5 Å². The molecule has 1 aromatic carbocycles. The fraction of sp³-hybridized carbons (Fsp3) is 0.500. The van der Waals surface area contributed by atoms with E-state index >= 15 is 0 Å². The Bertz CT molecular complexity index is 1100. The van der Waals surface area contributed by atoms with E-state index in [-0.39, 0.29) is 5.92 Å². The molecule has 0 spiro atoms. The van der Waals surface area contributed by atoms with Crippen LogP contribution in [0.25, 0.3) is 0 Å². The maximum atomic E-state index is 12.3. The van der Waals surface area contributed by atoms with E-state index in [0.717, 1.165) is 42.5 Å². The van der Waals surface area contributed by atoms with Crippen LogP contribution in [0, 0.1) is 0 Å². The number of hydrogen-bond acceptors (Lipinski definition) is 9. The highest BCUT2D eigenvalue weighted by molar-refractivity contribution is 7.63. The third kappa shape index (κ3) is 5.71. The maximum Gasteiger partial charge on any atom is 0.301 e. The lowest BCUT2D eigenvalue weighted by Crippen LogP contribution is -2.34. The van der Waals surface area contributed by atoms with Gasteiger partial charge in [0.2, 0.25) is 5.96 Å². The van der Waals surface area contributed by atoms with Crippen molar-refractivity contribution in [2.45, 2.75) is 25.1 Å². The normalized spacial score (nSPS) is 20.3. The molecule has 0 amide bonds. The van der Waals surface area contributed by atoms with E-state index in [1.807, 2.05) is 38.7 Å². The number of ether oxygens (including phenoxy) is 1. The van der Waals surface area contributed by atoms with Crippen LogP contribution < -0.4 is 20.3 Å². The van der Waals surface area contributed by atoms with Gasteiger partial charge in [-0.05, 0) is 18.8 Å². The van der Waals surface area contributed by atoms with Crippen molar-refractivity contribution in [3.8, 4) is 5.75 Å². The minimum Gasteiger partial charge on any atom is -0.494 e. The Balaban J connectivity index is 1.48. The number of nitrogens with zero attached hydrogens (tertiary/aromatic N) is 4. The molecule has 9 nitrogen and oxygen atoms in total. The minimum atomic E-state index is -1.98. The van der Waals surface area contributed by atoms with Crippen LogP contribution in [0.4, 0.5) is 17.4 Å². The average molecular weight is 493 g/mol. The van der Waals surface area contributed by atoms with Crippen LogP contribution in [0.15, 0.2) is 38.8 Å². The Kier molecular flexibility index (Phi) is 7.00. The summed E-state index contributed by atoms with van der Waals surface area (Å²) >= 11 is 6.48. The summed E-state index contributed by atoms with van der Waals surface area (Å²) in [4.78, 5) is 15.4. The molecule has 0 radical (unpaired) electrons. The van der Waals surface area contributed by atoms with E-state index in [2.05, 4.69) is 30.5 Å². The first kappa shape index (κ1) is 23.6. The number of alkyl halides is 1. The molecular formula is C22H30ClN6O3P. The molecule has 11 heteroatoms. The summed E-state index contributed by atoms with van der Waals surface area (Å²) in [5, 5.41) is 5.89. The van der Waals surface area contributed by atoms with Crippen LogP contribution in [-0.4, -0.2) is 67.9 Å². The number of oxazole rings is 1. The predicted molar refractivity (Wildman–Crippen MR) is 136 cm³/mol. The topological polar surface area (TPSA) is 104 Å². The van der Waals surface area contributed by atoms with Crippen molar-refractivity contribution in [2.75, 3.05) is 61.3 Å². The number of hydrogen-bond donors (Lipinski definition) is 2. The molecular weight excluding hydrogens is 463 g/mol. The van der Waals surface area contributed by atoms with Gasteiger partial charge >= 0.3 is 6.01 Å². The second kappa shape index (κ2) is 9.77. The number of amidine groups is 1. The summed E-state index contributed by atoms with van der Waals surface area (Å²) in [5.41, 5.74) is 1.79. The van der Waals surface area contributed by atoms with Gasteiger partial charge in [-0.2, -0.15) is 4.99 Å². The molecule has 3 heterocycles. The van der Waals surface area contributed by atoms with Gasteiger partial charge < -0.3 is 23.9 Å². The zero-order chi connectivity index (χ0) is 23.6. The molecule has 2 N–H and O–H groups in total. The summed E-state index contributed by atoms with van der Waals surface area (Å²) in [6, 6.07) is 6.29. The van der Waals surface area contributed by atoms with Gasteiger partial charge in [0, 0.05) is 43.1 Å². The van der Waals surface area contributed by atoms with Crippen molar-refractivity contribution in [1.29, 1.82) is 0 Å². The number of rotatable bonds is 5. The third-order valence-corrected chi connectivity index (χ3v) is 8.37. The summed E-state index contributed by atoms with van der Waals surface area (Å²) in [7, 11) is -0.353. The van der Waals surface area contributed by atoms with Crippen LogP contribution in [0.2, 0.25) is 0 Å². The van der Waals surface area contributed by atoms with Crippen LogP contribution in [0.5, 0.6) is 5.75 Å². The maximum absolute atomic E-state index is 12.3. The fourth-order valence-electron chi connectivity index (χ4n) is 3.62. The summed E-state index contributed by atoms with van der Waals surface area (Å²) in [6.07, 6.45) is 3.16. The highest BCUT2D eigenvalue weighted by atomic mass is 35.5. The van der Waals surface area contributed by atoms with Crippen molar-refractivity contribution < 1.29 is 13.7 Å². The SMILES string of the molecule is COc1cc(N2CCP(C)(=O)CC2)ccc1NC1=NC(Nc2ncc(C(C)C)o2)=NCC1Cl. The lowest BCUT2D eigenvalue weighted by Gasteiger charge is -2.32. The van der Waals surface area contributed by atoms with Gasteiger partial charge in [0.1, 0.15) is 22.7 Å². The third-order valence-electron chi connectivity index (χ3n) is 5.73. The lowest BCUT2D eigenvalue weighted by molar-refractivity contribution is 0.417. The molecule has 0 bridgehead atoms. The van der Waals surface area contributed by atoms with Crippen molar-refractivity contribution >= 4 is 47.9 Å². The van der Waals surface area contributed by atoms with Gasteiger partial charge in [-0.15, -0.1) is 11.6 Å². The van der Waals surface area contributed by atoms with Crippen LogP contribution in [0.3, 0.4) is 0 Å². The Labute approximate surface area is 199 Å².